The van der Waals surface area contributed by atoms with Gasteiger partial charge in [-0.2, -0.15) is 0 Å². The SMILES string of the molecule is COC(=O)c1cccc(C(C(N)=O)N(C(=O)c2cccnc2C)[C@@H]2CCc3c(F)cc(Cl)cc32)c1. The number of nitrogens with two attached hydrogens (primary N) is 1. The predicted octanol–water partition coefficient (Wildman–Crippen LogP) is 4.33. The van der Waals surface area contributed by atoms with Crippen molar-refractivity contribution in [2.75, 3.05) is 7.11 Å². The number of esters is 1. The Hall–Kier alpha value is -3.78. The van der Waals surface area contributed by atoms with Crippen LogP contribution < -0.4 is 5.73 Å². The maximum atomic E-state index is 14.7. The van der Waals surface area contributed by atoms with Crippen LogP contribution in [0.2, 0.25) is 5.02 Å². The third-order valence-electron chi connectivity index (χ3n) is 6.20. The number of pyridine rings is 1. The summed E-state index contributed by atoms with van der Waals surface area (Å²) < 4.78 is 19.5. The third kappa shape index (κ3) is 4.61. The van der Waals surface area contributed by atoms with E-state index >= 15 is 0 Å². The van der Waals surface area contributed by atoms with Crippen LogP contribution >= 0.6 is 11.6 Å². The molecular formula is C26H23ClFN3O4. The Morgan fingerprint density at radius 1 is 1.20 bits per heavy atom. The number of ether oxygens (including phenoxy) is 1. The molecule has 0 saturated heterocycles. The Balaban J connectivity index is 1.91. The van der Waals surface area contributed by atoms with Crippen LogP contribution in [0, 0.1) is 12.7 Å². The first-order valence-corrected chi connectivity index (χ1v) is 11.3. The Morgan fingerprint density at radius 2 is 1.97 bits per heavy atom. The minimum absolute atomic E-state index is 0.182. The van der Waals surface area contributed by atoms with E-state index < -0.39 is 35.7 Å². The highest BCUT2D eigenvalue weighted by Crippen LogP contribution is 2.43. The summed E-state index contributed by atoms with van der Waals surface area (Å²) in [6.45, 7) is 1.68. The number of hydrogen-bond acceptors (Lipinski definition) is 5. The first-order chi connectivity index (χ1) is 16.7. The number of aromatic nitrogens is 1. The molecule has 7 nitrogen and oxygen atoms in total. The highest BCUT2D eigenvalue weighted by atomic mass is 35.5. The monoisotopic (exact) mass is 495 g/mol. The zero-order valence-corrected chi connectivity index (χ0v) is 19.9. The molecule has 1 unspecified atom stereocenters. The van der Waals surface area contributed by atoms with E-state index in [-0.39, 0.29) is 16.1 Å². The van der Waals surface area contributed by atoms with E-state index in [1.165, 1.54) is 30.2 Å². The molecule has 1 aliphatic rings. The van der Waals surface area contributed by atoms with Gasteiger partial charge in [0.25, 0.3) is 5.91 Å². The van der Waals surface area contributed by atoms with Gasteiger partial charge >= 0.3 is 5.97 Å². The van der Waals surface area contributed by atoms with E-state index in [0.717, 1.165) is 0 Å². The molecular weight excluding hydrogens is 473 g/mol. The number of methoxy groups -OCH3 is 1. The molecule has 0 fully saturated rings. The highest BCUT2D eigenvalue weighted by molar-refractivity contribution is 6.30. The van der Waals surface area contributed by atoms with Crippen molar-refractivity contribution in [3.8, 4) is 0 Å². The fourth-order valence-electron chi connectivity index (χ4n) is 4.61. The molecule has 9 heteroatoms. The van der Waals surface area contributed by atoms with Gasteiger partial charge in [-0.3, -0.25) is 14.6 Å². The van der Waals surface area contributed by atoms with Crippen LogP contribution in [0.1, 0.15) is 61.6 Å². The van der Waals surface area contributed by atoms with Gasteiger partial charge in [0.05, 0.1) is 24.3 Å². The van der Waals surface area contributed by atoms with Crippen LogP contribution in [-0.2, 0) is 16.0 Å². The number of rotatable bonds is 6. The topological polar surface area (TPSA) is 103 Å². The van der Waals surface area contributed by atoms with Crippen LogP contribution in [0.4, 0.5) is 4.39 Å². The van der Waals surface area contributed by atoms with Gasteiger partial charge in [-0.05, 0) is 72.9 Å². The maximum Gasteiger partial charge on any atom is 0.337 e. The summed E-state index contributed by atoms with van der Waals surface area (Å²) in [6, 6.07) is 10.3. The smallest absolute Gasteiger partial charge is 0.337 e. The van der Waals surface area contributed by atoms with E-state index in [1.54, 1.807) is 43.5 Å². The minimum atomic E-state index is -1.26. The first kappa shape index (κ1) is 24.3. The molecule has 3 aromatic rings. The van der Waals surface area contributed by atoms with Crippen LogP contribution in [-0.4, -0.2) is 34.8 Å². The molecule has 180 valence electrons. The molecule has 2 aromatic carbocycles. The molecule has 1 heterocycles. The third-order valence-corrected chi connectivity index (χ3v) is 6.42. The summed E-state index contributed by atoms with van der Waals surface area (Å²) in [7, 11) is 1.25. The van der Waals surface area contributed by atoms with Gasteiger partial charge in [0, 0.05) is 16.9 Å². The molecule has 2 atom stereocenters. The van der Waals surface area contributed by atoms with Crippen molar-refractivity contribution >= 4 is 29.4 Å². The molecule has 0 spiro atoms. The Morgan fingerprint density at radius 3 is 2.66 bits per heavy atom. The zero-order chi connectivity index (χ0) is 25.3. The van der Waals surface area contributed by atoms with Gasteiger partial charge in [0.2, 0.25) is 5.91 Å². The normalized spacial score (nSPS) is 15.3. The van der Waals surface area contributed by atoms with E-state index in [2.05, 4.69) is 4.98 Å². The summed E-state index contributed by atoms with van der Waals surface area (Å²) in [4.78, 5) is 44.6. The summed E-state index contributed by atoms with van der Waals surface area (Å²) in [6.07, 6.45) is 2.27. The maximum absolute atomic E-state index is 14.7. The van der Waals surface area contributed by atoms with Gasteiger partial charge < -0.3 is 15.4 Å². The van der Waals surface area contributed by atoms with Gasteiger partial charge in [0.15, 0.2) is 0 Å². The lowest BCUT2D eigenvalue weighted by atomic mass is 9.96. The predicted molar refractivity (Wildman–Crippen MR) is 127 cm³/mol. The minimum Gasteiger partial charge on any atom is -0.465 e. The van der Waals surface area contributed by atoms with Crippen molar-refractivity contribution in [3.05, 3.63) is 99.1 Å². The number of amides is 2. The van der Waals surface area contributed by atoms with Crippen molar-refractivity contribution in [1.82, 2.24) is 9.88 Å². The van der Waals surface area contributed by atoms with Gasteiger partial charge in [-0.1, -0.05) is 23.7 Å². The average molecular weight is 496 g/mol. The lowest BCUT2D eigenvalue weighted by Gasteiger charge is -2.36. The van der Waals surface area contributed by atoms with Gasteiger partial charge in [-0.25, -0.2) is 9.18 Å². The number of carbonyl (C=O) groups is 3. The van der Waals surface area contributed by atoms with Crippen LogP contribution in [0.3, 0.4) is 0 Å². The summed E-state index contributed by atoms with van der Waals surface area (Å²) >= 11 is 6.15. The van der Waals surface area contributed by atoms with E-state index in [9.17, 15) is 18.8 Å². The molecule has 35 heavy (non-hydrogen) atoms. The number of carbonyl (C=O) groups excluding carboxylic acids is 3. The number of nitrogens with zero attached hydrogens (tertiary/aromatic N) is 2. The lowest BCUT2D eigenvalue weighted by molar-refractivity contribution is -0.123. The van der Waals surface area contributed by atoms with Crippen molar-refractivity contribution in [2.45, 2.75) is 31.8 Å². The van der Waals surface area contributed by atoms with E-state index in [4.69, 9.17) is 22.1 Å². The fraction of sp³-hybridized carbons (Fsp3) is 0.231. The molecule has 1 aromatic heterocycles. The van der Waals surface area contributed by atoms with Gasteiger partial charge in [-0.15, -0.1) is 0 Å². The van der Waals surface area contributed by atoms with Crippen molar-refractivity contribution < 1.29 is 23.5 Å². The number of benzene rings is 2. The molecule has 0 saturated carbocycles. The largest absolute Gasteiger partial charge is 0.465 e. The van der Waals surface area contributed by atoms with Crippen LogP contribution in [0.5, 0.6) is 0 Å². The highest BCUT2D eigenvalue weighted by Gasteiger charge is 2.41. The second-order valence-electron chi connectivity index (χ2n) is 8.28. The zero-order valence-electron chi connectivity index (χ0n) is 19.1. The number of aryl methyl sites for hydroxylation is 1. The lowest BCUT2D eigenvalue weighted by Crippen LogP contribution is -2.44. The summed E-state index contributed by atoms with van der Waals surface area (Å²) in [5.74, 6) is -2.38. The Labute approximate surface area is 206 Å². The summed E-state index contributed by atoms with van der Waals surface area (Å²) in [5, 5.41) is 0.182. The number of primary amides is 1. The Kier molecular flexibility index (Phi) is 6.84. The molecule has 1 aliphatic carbocycles. The van der Waals surface area contributed by atoms with Crippen molar-refractivity contribution in [1.29, 1.82) is 0 Å². The summed E-state index contributed by atoms with van der Waals surface area (Å²) in [5.41, 5.74) is 8.08. The second kappa shape index (κ2) is 9.84. The Bertz CT molecular complexity index is 1330. The molecule has 0 bridgehead atoms. The molecule has 2 amide bonds. The molecule has 2 N–H and O–H groups in total. The quantitative estimate of drug-likeness (QED) is 0.513. The molecule has 0 aliphatic heterocycles. The van der Waals surface area contributed by atoms with E-state index in [1.807, 2.05) is 0 Å². The van der Waals surface area contributed by atoms with E-state index in [0.29, 0.717) is 35.2 Å². The first-order valence-electron chi connectivity index (χ1n) is 10.9. The fourth-order valence-corrected chi connectivity index (χ4v) is 4.83. The molecule has 4 rings (SSSR count). The number of hydrogen-bond donors (Lipinski definition) is 1. The average Bonchev–Trinajstić information content (AvgIpc) is 3.25. The second-order valence-corrected chi connectivity index (χ2v) is 8.72. The standard InChI is InChI=1S/C26H23ClFN3O4/c1-14-18(7-4-10-30-14)25(33)31(22-9-8-19-20(22)12-17(27)13-21(19)28)23(24(29)32)15-5-3-6-16(11-15)26(34)35-2/h3-7,10-13,22-23H,8-9H2,1-2H3,(H2,29,32)/t22-,23?/m1/s1. The van der Waals surface area contributed by atoms with Crippen LogP contribution in [0.15, 0.2) is 54.7 Å². The van der Waals surface area contributed by atoms with Crippen molar-refractivity contribution in [3.63, 3.8) is 0 Å². The van der Waals surface area contributed by atoms with Crippen LogP contribution in [0.25, 0.3) is 0 Å². The van der Waals surface area contributed by atoms with Gasteiger partial charge in [0.1, 0.15) is 11.9 Å². The van der Waals surface area contributed by atoms with Crippen molar-refractivity contribution in [2.24, 2.45) is 5.73 Å². The number of fused-ring (bicyclic) bond motifs is 1. The number of halogens is 2. The molecule has 0 radical (unpaired) electrons.